The van der Waals surface area contributed by atoms with E-state index in [0.29, 0.717) is 27.4 Å². The van der Waals surface area contributed by atoms with Crippen LogP contribution in [-0.2, 0) is 17.6 Å². The maximum atomic E-state index is 13.2. The van der Waals surface area contributed by atoms with E-state index >= 15 is 0 Å². The number of nitriles is 1. The molecule has 2 aliphatic carbocycles. The zero-order valence-corrected chi connectivity index (χ0v) is 20.6. The summed E-state index contributed by atoms with van der Waals surface area (Å²) in [7, 11) is 0. The van der Waals surface area contributed by atoms with Crippen molar-refractivity contribution in [3.05, 3.63) is 81.8 Å². The van der Waals surface area contributed by atoms with Gasteiger partial charge in [-0.2, -0.15) is 5.26 Å². The molecule has 180 valence electrons. The average molecular weight is 496 g/mol. The van der Waals surface area contributed by atoms with Crippen molar-refractivity contribution in [1.29, 1.82) is 5.26 Å². The first-order valence-electron chi connectivity index (χ1n) is 12.3. The van der Waals surface area contributed by atoms with E-state index < -0.39 is 0 Å². The predicted octanol–water partition coefficient (Wildman–Crippen LogP) is 5.00. The molecule has 7 nitrogen and oxygen atoms in total. The summed E-state index contributed by atoms with van der Waals surface area (Å²) in [4.78, 5) is 31.1. The Balaban J connectivity index is 1.32. The molecule has 36 heavy (non-hydrogen) atoms. The molecular formula is C28H25N5O2S. The highest BCUT2D eigenvalue weighted by atomic mass is 32.2. The zero-order valence-electron chi connectivity index (χ0n) is 19.7. The highest BCUT2D eigenvalue weighted by Crippen LogP contribution is 2.38. The molecule has 8 heteroatoms. The van der Waals surface area contributed by atoms with Crippen LogP contribution in [0.2, 0.25) is 0 Å². The number of amides is 1. The molecule has 1 amide bonds. The van der Waals surface area contributed by atoms with Gasteiger partial charge in [0.1, 0.15) is 11.9 Å². The minimum Gasteiger partial charge on any atom is -0.310 e. The van der Waals surface area contributed by atoms with E-state index in [-0.39, 0.29) is 23.3 Å². The molecule has 6 rings (SSSR count). The monoisotopic (exact) mass is 495 g/mol. The molecular weight excluding hydrogens is 470 g/mol. The fourth-order valence-corrected chi connectivity index (χ4v) is 5.94. The molecule has 0 radical (unpaired) electrons. The molecule has 0 atom stereocenters. The maximum Gasteiger partial charge on any atom is 0.262 e. The van der Waals surface area contributed by atoms with Crippen molar-refractivity contribution in [2.75, 3.05) is 11.1 Å². The Morgan fingerprint density at radius 2 is 1.83 bits per heavy atom. The van der Waals surface area contributed by atoms with Crippen molar-refractivity contribution >= 4 is 34.4 Å². The van der Waals surface area contributed by atoms with Crippen molar-refractivity contribution < 1.29 is 4.79 Å². The number of fused-ring (bicyclic) bond motifs is 2. The summed E-state index contributed by atoms with van der Waals surface area (Å²) in [5, 5.41) is 14.2. The van der Waals surface area contributed by atoms with Gasteiger partial charge in [-0.25, -0.2) is 4.98 Å². The number of aromatic nitrogens is 3. The van der Waals surface area contributed by atoms with E-state index in [9.17, 15) is 14.9 Å². The Morgan fingerprint density at radius 3 is 2.61 bits per heavy atom. The van der Waals surface area contributed by atoms with Crippen LogP contribution in [0.5, 0.6) is 0 Å². The fourth-order valence-electron chi connectivity index (χ4n) is 5.08. The lowest BCUT2D eigenvalue weighted by molar-refractivity contribution is -0.113. The largest absolute Gasteiger partial charge is 0.310 e. The Hall–Kier alpha value is -3.83. The second kappa shape index (κ2) is 9.32. The van der Waals surface area contributed by atoms with Crippen LogP contribution in [0.15, 0.2) is 64.5 Å². The molecule has 0 unspecified atom stereocenters. The zero-order chi connectivity index (χ0) is 24.6. The van der Waals surface area contributed by atoms with Gasteiger partial charge in [0.15, 0.2) is 5.16 Å². The van der Waals surface area contributed by atoms with Crippen molar-refractivity contribution in [1.82, 2.24) is 14.1 Å². The topological polar surface area (TPSA) is 92.7 Å². The number of hydrogen-bond donors (Lipinski definition) is 1. The highest BCUT2D eigenvalue weighted by molar-refractivity contribution is 7.99. The smallest absolute Gasteiger partial charge is 0.262 e. The summed E-state index contributed by atoms with van der Waals surface area (Å²) < 4.78 is 3.77. The number of thioether (sulfide) groups is 1. The first kappa shape index (κ1) is 22.6. The first-order chi connectivity index (χ1) is 17.7. The predicted molar refractivity (Wildman–Crippen MR) is 141 cm³/mol. The summed E-state index contributed by atoms with van der Waals surface area (Å²) in [6.07, 6.45) is 5.70. The van der Waals surface area contributed by atoms with Gasteiger partial charge in [0.25, 0.3) is 5.56 Å². The number of nitrogens with zero attached hydrogens (tertiary/aromatic N) is 4. The quantitative estimate of drug-likeness (QED) is 0.300. The van der Waals surface area contributed by atoms with Gasteiger partial charge in [0.2, 0.25) is 5.91 Å². The number of carbonyl (C=O) groups excluding carboxylic acids is 1. The van der Waals surface area contributed by atoms with Crippen LogP contribution in [-0.4, -0.2) is 25.8 Å². The SMILES string of the molecule is N#Cc1c2c(n(-c3ccccc3)c1NC(=O)CSc1nc3ccccc3c(=O)n1C1CC1)CCCC2. The van der Waals surface area contributed by atoms with Gasteiger partial charge in [-0.15, -0.1) is 0 Å². The van der Waals surface area contributed by atoms with Crippen LogP contribution < -0.4 is 10.9 Å². The lowest BCUT2D eigenvalue weighted by atomic mass is 9.95. The van der Waals surface area contributed by atoms with Crippen LogP contribution in [0.25, 0.3) is 16.6 Å². The number of para-hydroxylation sites is 2. The number of hydrogen-bond acceptors (Lipinski definition) is 5. The summed E-state index contributed by atoms with van der Waals surface area (Å²) in [5.74, 6) is 0.396. The molecule has 2 aromatic heterocycles. The number of benzene rings is 2. The Morgan fingerprint density at radius 1 is 1.08 bits per heavy atom. The minimum atomic E-state index is -0.228. The van der Waals surface area contributed by atoms with Crippen LogP contribution in [0.4, 0.5) is 5.82 Å². The van der Waals surface area contributed by atoms with Gasteiger partial charge in [-0.1, -0.05) is 42.1 Å². The normalized spacial score (nSPS) is 14.9. The summed E-state index contributed by atoms with van der Waals surface area (Å²) in [5.41, 5.74) is 4.20. The number of nitrogens with one attached hydrogen (secondary N) is 1. The van der Waals surface area contributed by atoms with Crippen LogP contribution in [0, 0.1) is 11.3 Å². The van der Waals surface area contributed by atoms with Gasteiger partial charge in [0, 0.05) is 17.4 Å². The van der Waals surface area contributed by atoms with E-state index in [1.807, 2.05) is 53.1 Å². The molecule has 1 N–H and O–H groups in total. The Labute approximate surface area is 212 Å². The van der Waals surface area contributed by atoms with E-state index in [4.69, 9.17) is 4.98 Å². The number of carbonyl (C=O) groups is 1. The highest BCUT2D eigenvalue weighted by Gasteiger charge is 2.30. The molecule has 0 bridgehead atoms. The van der Waals surface area contributed by atoms with Crippen LogP contribution in [0.1, 0.15) is 48.5 Å². The fraction of sp³-hybridized carbons (Fsp3) is 0.286. The van der Waals surface area contributed by atoms with Gasteiger partial charge >= 0.3 is 0 Å². The van der Waals surface area contributed by atoms with Crippen molar-refractivity contribution in [2.45, 2.75) is 49.7 Å². The number of rotatable bonds is 6. The molecule has 0 saturated heterocycles. The first-order valence-corrected chi connectivity index (χ1v) is 13.3. The lowest BCUT2D eigenvalue weighted by Crippen LogP contribution is -2.24. The molecule has 4 aromatic rings. The number of anilines is 1. The third-order valence-corrected chi connectivity index (χ3v) is 7.83. The van der Waals surface area contributed by atoms with Gasteiger partial charge in [0.05, 0.1) is 22.2 Å². The van der Waals surface area contributed by atoms with E-state index in [0.717, 1.165) is 55.5 Å². The third-order valence-electron chi connectivity index (χ3n) is 6.87. The third kappa shape index (κ3) is 3.99. The minimum absolute atomic E-state index is 0.0524. The maximum absolute atomic E-state index is 13.2. The van der Waals surface area contributed by atoms with Gasteiger partial charge < -0.3 is 5.32 Å². The Bertz CT molecular complexity index is 1580. The van der Waals surface area contributed by atoms with Crippen molar-refractivity contribution in [3.8, 4) is 11.8 Å². The Kier molecular flexibility index (Phi) is 5.86. The average Bonchev–Trinajstić information content (AvgIpc) is 3.69. The van der Waals surface area contributed by atoms with E-state index in [2.05, 4.69) is 11.4 Å². The second-order valence-corrected chi connectivity index (χ2v) is 10.2. The standard InChI is InChI=1S/C28H25N5O2S/c29-16-22-20-10-5-7-13-24(20)32(18-8-2-1-3-9-18)26(22)31-25(34)17-36-28-30-23-12-6-4-11-21(23)27(35)33(28)19-14-15-19/h1-4,6,8-9,11-12,19H,5,7,10,13-15,17H2,(H,31,34). The van der Waals surface area contributed by atoms with E-state index in [1.54, 1.807) is 10.6 Å². The molecule has 1 fully saturated rings. The molecule has 0 aliphatic heterocycles. The van der Waals surface area contributed by atoms with Crippen LogP contribution in [0.3, 0.4) is 0 Å². The van der Waals surface area contributed by atoms with Crippen molar-refractivity contribution in [2.24, 2.45) is 0 Å². The lowest BCUT2D eigenvalue weighted by Gasteiger charge is -2.17. The molecule has 2 aliphatic rings. The van der Waals surface area contributed by atoms with E-state index in [1.165, 1.54) is 11.8 Å². The second-order valence-electron chi connectivity index (χ2n) is 9.29. The van der Waals surface area contributed by atoms with Crippen LogP contribution >= 0.6 is 11.8 Å². The molecule has 0 spiro atoms. The molecule has 1 saturated carbocycles. The summed E-state index contributed by atoms with van der Waals surface area (Å²) >= 11 is 1.27. The molecule has 2 heterocycles. The summed E-state index contributed by atoms with van der Waals surface area (Å²) in [6.45, 7) is 0. The molecule has 2 aromatic carbocycles. The van der Waals surface area contributed by atoms with Crippen molar-refractivity contribution in [3.63, 3.8) is 0 Å². The van der Waals surface area contributed by atoms with Gasteiger partial charge in [-0.05, 0) is 68.4 Å². The van der Waals surface area contributed by atoms with Gasteiger partial charge in [-0.3, -0.25) is 18.7 Å². The summed E-state index contributed by atoms with van der Waals surface area (Å²) in [6, 6.07) is 19.7.